The Kier molecular flexibility index (Phi) is 5.48. The highest BCUT2D eigenvalue weighted by molar-refractivity contribution is 5.81. The number of hydrazine groups is 1. The van der Waals surface area contributed by atoms with Crippen LogP contribution in [-0.2, 0) is 4.79 Å². The molecule has 6 nitrogen and oxygen atoms in total. The fourth-order valence-electron chi connectivity index (χ4n) is 1.93. The number of nitrogens with one attached hydrogen (secondary N) is 2. The highest BCUT2D eigenvalue weighted by Crippen LogP contribution is 2.16. The van der Waals surface area contributed by atoms with Gasteiger partial charge in [-0.05, 0) is 30.2 Å². The third-order valence-electron chi connectivity index (χ3n) is 3.15. The lowest BCUT2D eigenvalue weighted by Crippen LogP contribution is -2.43. The average Bonchev–Trinajstić information content (AvgIpc) is 2.52. The lowest BCUT2D eigenvalue weighted by molar-refractivity contribution is -0.121. The summed E-state index contributed by atoms with van der Waals surface area (Å²) in [6.07, 6.45) is -0.530. The van der Waals surface area contributed by atoms with Gasteiger partial charge in [0.2, 0.25) is 5.91 Å². The van der Waals surface area contributed by atoms with Crippen molar-refractivity contribution in [2.75, 3.05) is 0 Å². The topological polar surface area (TPSA) is 96.6 Å². The van der Waals surface area contributed by atoms with Gasteiger partial charge in [-0.3, -0.25) is 4.79 Å². The van der Waals surface area contributed by atoms with E-state index in [0.29, 0.717) is 5.75 Å². The van der Waals surface area contributed by atoms with Gasteiger partial charge < -0.3 is 15.7 Å². The summed E-state index contributed by atoms with van der Waals surface area (Å²) in [6, 6.07) is 15.3. The first kappa shape index (κ1) is 16.0. The zero-order chi connectivity index (χ0) is 15.9. The normalized spacial score (nSPS) is 13.4. The third-order valence-corrected chi connectivity index (χ3v) is 3.15. The van der Waals surface area contributed by atoms with Crippen LogP contribution in [0.2, 0.25) is 0 Å². The molecular weight excluding hydrogens is 282 g/mol. The van der Waals surface area contributed by atoms with E-state index in [1.807, 2.05) is 18.2 Å². The SMILES string of the molecule is CC(O)c1ccc(ONNC(C(N)=O)c2ccccc2)cc1. The zero-order valence-corrected chi connectivity index (χ0v) is 12.2. The van der Waals surface area contributed by atoms with Gasteiger partial charge in [-0.25, -0.2) is 5.43 Å². The van der Waals surface area contributed by atoms with Crippen LogP contribution in [0.25, 0.3) is 0 Å². The number of nitrogens with two attached hydrogens (primary N) is 1. The lowest BCUT2D eigenvalue weighted by atomic mass is 10.1. The Balaban J connectivity index is 1.92. The molecular formula is C16H19N3O3. The Morgan fingerprint density at radius 3 is 2.27 bits per heavy atom. The van der Waals surface area contributed by atoms with Crippen molar-refractivity contribution in [1.29, 1.82) is 0 Å². The smallest absolute Gasteiger partial charge is 0.240 e. The van der Waals surface area contributed by atoms with Gasteiger partial charge in [0.25, 0.3) is 0 Å². The number of hydrogen-bond acceptors (Lipinski definition) is 5. The Morgan fingerprint density at radius 1 is 1.09 bits per heavy atom. The standard InChI is InChI=1S/C16H19N3O3/c1-11(20)12-7-9-14(10-8-12)22-19-18-15(16(17)21)13-5-3-2-4-6-13/h2-11,15,18-20H,1H3,(H2,17,21). The second-order valence-electron chi connectivity index (χ2n) is 4.84. The summed E-state index contributed by atoms with van der Waals surface area (Å²) in [4.78, 5) is 16.8. The number of aliphatic hydroxyl groups excluding tert-OH is 1. The number of amides is 1. The van der Waals surface area contributed by atoms with E-state index < -0.39 is 18.1 Å². The maximum absolute atomic E-state index is 11.5. The number of carbonyl (C=O) groups is 1. The van der Waals surface area contributed by atoms with Crippen molar-refractivity contribution in [3.8, 4) is 5.75 Å². The largest absolute Gasteiger partial charge is 0.394 e. The third kappa shape index (κ3) is 4.29. The molecule has 0 aliphatic rings. The molecule has 0 aliphatic carbocycles. The summed E-state index contributed by atoms with van der Waals surface area (Å²) in [5, 5.41) is 9.43. The molecule has 2 atom stereocenters. The van der Waals surface area contributed by atoms with Gasteiger partial charge in [-0.1, -0.05) is 48.1 Å². The second-order valence-corrected chi connectivity index (χ2v) is 4.84. The number of rotatable bonds is 7. The molecule has 5 N–H and O–H groups in total. The van der Waals surface area contributed by atoms with Crippen LogP contribution in [-0.4, -0.2) is 11.0 Å². The number of benzene rings is 2. The molecule has 2 unspecified atom stereocenters. The van der Waals surface area contributed by atoms with Crippen LogP contribution in [0.5, 0.6) is 5.75 Å². The molecule has 22 heavy (non-hydrogen) atoms. The molecule has 0 saturated carbocycles. The molecule has 0 aliphatic heterocycles. The number of aliphatic hydroxyl groups is 1. The van der Waals surface area contributed by atoms with E-state index in [1.54, 1.807) is 43.3 Å². The number of carbonyl (C=O) groups excluding carboxylic acids is 1. The van der Waals surface area contributed by atoms with Crippen molar-refractivity contribution in [3.63, 3.8) is 0 Å². The minimum Gasteiger partial charge on any atom is -0.394 e. The van der Waals surface area contributed by atoms with Crippen LogP contribution in [0.4, 0.5) is 0 Å². The molecule has 2 aromatic rings. The molecule has 0 aromatic heterocycles. The average molecular weight is 301 g/mol. The fraction of sp³-hybridized carbons (Fsp3) is 0.188. The molecule has 0 radical (unpaired) electrons. The van der Waals surface area contributed by atoms with Crippen LogP contribution in [0.15, 0.2) is 54.6 Å². The fourth-order valence-corrected chi connectivity index (χ4v) is 1.93. The summed E-state index contributed by atoms with van der Waals surface area (Å²) < 4.78 is 0. The van der Waals surface area contributed by atoms with Gasteiger partial charge in [0.1, 0.15) is 11.8 Å². The summed E-state index contributed by atoms with van der Waals surface area (Å²) in [6.45, 7) is 1.69. The van der Waals surface area contributed by atoms with Crippen molar-refractivity contribution in [2.24, 2.45) is 5.73 Å². The predicted molar refractivity (Wildman–Crippen MR) is 82.4 cm³/mol. The molecule has 6 heteroatoms. The van der Waals surface area contributed by atoms with Crippen molar-refractivity contribution in [1.82, 2.24) is 11.0 Å². The monoisotopic (exact) mass is 301 g/mol. The molecule has 0 fully saturated rings. The van der Waals surface area contributed by atoms with E-state index >= 15 is 0 Å². The summed E-state index contributed by atoms with van der Waals surface area (Å²) in [5.74, 6) is 0.0138. The molecule has 0 spiro atoms. The quantitative estimate of drug-likeness (QED) is 0.579. The zero-order valence-electron chi connectivity index (χ0n) is 12.2. The lowest BCUT2D eigenvalue weighted by Gasteiger charge is -2.16. The highest BCUT2D eigenvalue weighted by atomic mass is 16.7. The Labute approximate surface area is 128 Å². The number of primary amides is 1. The Morgan fingerprint density at radius 2 is 1.73 bits per heavy atom. The summed E-state index contributed by atoms with van der Waals surface area (Å²) in [5.41, 5.74) is 12.1. The molecule has 0 bridgehead atoms. The first-order valence-corrected chi connectivity index (χ1v) is 6.87. The van der Waals surface area contributed by atoms with E-state index in [4.69, 9.17) is 10.6 Å². The minimum absolute atomic E-state index is 0.522. The number of hydrogen-bond donors (Lipinski definition) is 4. The van der Waals surface area contributed by atoms with Crippen LogP contribution in [0.3, 0.4) is 0 Å². The Hall–Kier alpha value is -2.41. The van der Waals surface area contributed by atoms with Crippen LogP contribution in [0.1, 0.15) is 30.2 Å². The van der Waals surface area contributed by atoms with Gasteiger partial charge in [-0.2, -0.15) is 0 Å². The molecule has 2 rings (SSSR count). The van der Waals surface area contributed by atoms with E-state index in [1.165, 1.54) is 0 Å². The van der Waals surface area contributed by atoms with E-state index in [-0.39, 0.29) is 0 Å². The first-order valence-electron chi connectivity index (χ1n) is 6.87. The molecule has 0 heterocycles. The van der Waals surface area contributed by atoms with Crippen molar-refractivity contribution >= 4 is 5.91 Å². The first-order chi connectivity index (χ1) is 10.6. The summed E-state index contributed by atoms with van der Waals surface area (Å²) in [7, 11) is 0. The van der Waals surface area contributed by atoms with E-state index in [0.717, 1.165) is 11.1 Å². The summed E-state index contributed by atoms with van der Waals surface area (Å²) >= 11 is 0. The molecule has 1 amide bonds. The van der Waals surface area contributed by atoms with Gasteiger partial charge in [0, 0.05) is 0 Å². The molecule has 2 aromatic carbocycles. The van der Waals surface area contributed by atoms with Crippen LogP contribution in [0, 0.1) is 0 Å². The molecule has 116 valence electrons. The van der Waals surface area contributed by atoms with Crippen molar-refractivity contribution < 1.29 is 14.7 Å². The minimum atomic E-state index is -0.710. The van der Waals surface area contributed by atoms with Crippen molar-refractivity contribution in [2.45, 2.75) is 19.1 Å². The van der Waals surface area contributed by atoms with Gasteiger partial charge in [0.15, 0.2) is 0 Å². The van der Waals surface area contributed by atoms with Crippen LogP contribution >= 0.6 is 0 Å². The van der Waals surface area contributed by atoms with E-state index in [2.05, 4.69) is 11.0 Å². The van der Waals surface area contributed by atoms with E-state index in [9.17, 15) is 9.90 Å². The van der Waals surface area contributed by atoms with Crippen LogP contribution < -0.4 is 21.6 Å². The predicted octanol–water partition coefficient (Wildman–Crippen LogP) is 1.35. The highest BCUT2D eigenvalue weighted by Gasteiger charge is 2.16. The second kappa shape index (κ2) is 7.56. The van der Waals surface area contributed by atoms with Gasteiger partial charge in [0.05, 0.1) is 6.10 Å². The van der Waals surface area contributed by atoms with Crippen molar-refractivity contribution in [3.05, 3.63) is 65.7 Å². The maximum Gasteiger partial charge on any atom is 0.240 e. The maximum atomic E-state index is 11.5. The van der Waals surface area contributed by atoms with Gasteiger partial charge >= 0.3 is 0 Å². The van der Waals surface area contributed by atoms with Gasteiger partial charge in [-0.15, -0.1) is 0 Å². The Bertz CT molecular complexity index is 600. The molecule has 0 saturated heterocycles.